The molecule has 104 valence electrons. The highest BCUT2D eigenvalue weighted by Crippen LogP contribution is 2.28. The van der Waals surface area contributed by atoms with Gasteiger partial charge in [0.2, 0.25) is 5.91 Å². The Labute approximate surface area is 114 Å². The van der Waals surface area contributed by atoms with Crippen LogP contribution in [0.4, 0.5) is 0 Å². The molecule has 0 radical (unpaired) electrons. The van der Waals surface area contributed by atoms with Crippen molar-refractivity contribution in [1.82, 2.24) is 4.90 Å². The first-order valence-electron chi connectivity index (χ1n) is 6.67. The van der Waals surface area contributed by atoms with E-state index in [1.165, 1.54) is 0 Å². The summed E-state index contributed by atoms with van der Waals surface area (Å²) in [7, 11) is 0. The number of carboxylic acid groups (broad SMARTS) is 1. The van der Waals surface area contributed by atoms with Gasteiger partial charge in [-0.15, -0.1) is 0 Å². The Hall–Kier alpha value is -1.84. The number of carbonyl (C=O) groups excluding carboxylic acids is 1. The number of benzene rings is 1. The highest BCUT2D eigenvalue weighted by molar-refractivity contribution is 5.86. The van der Waals surface area contributed by atoms with Crippen molar-refractivity contribution < 1.29 is 14.7 Å². The van der Waals surface area contributed by atoms with Crippen LogP contribution >= 0.6 is 0 Å². The normalized spacial score (nSPS) is 19.6. The molecule has 0 aliphatic carbocycles. The number of carboxylic acids is 1. The Morgan fingerprint density at radius 1 is 1.32 bits per heavy atom. The summed E-state index contributed by atoms with van der Waals surface area (Å²) in [4.78, 5) is 24.3. The lowest BCUT2D eigenvalue weighted by atomic mass is 10.1. The van der Waals surface area contributed by atoms with Crippen molar-refractivity contribution in [2.24, 2.45) is 5.92 Å². The van der Waals surface area contributed by atoms with E-state index >= 15 is 0 Å². The van der Waals surface area contributed by atoms with Crippen molar-refractivity contribution in [2.45, 2.75) is 33.2 Å². The van der Waals surface area contributed by atoms with Crippen molar-refractivity contribution in [3.63, 3.8) is 0 Å². The van der Waals surface area contributed by atoms with Crippen LogP contribution in [0, 0.1) is 5.92 Å². The van der Waals surface area contributed by atoms with Gasteiger partial charge in [0, 0.05) is 13.0 Å². The summed E-state index contributed by atoms with van der Waals surface area (Å²) in [6.45, 7) is 6.24. The fraction of sp³-hybridized carbons (Fsp3) is 0.467. The standard InChI is InChI=1S/C13H15NO3.C2H6/c1-9(10-5-3-2-4-6-10)14-8-11(13(16)17)7-12(14)15;1-2/h2-6,9,11H,7-8H2,1H3,(H,16,17);1-2H3/t9-,11-;/m1./s1. The summed E-state index contributed by atoms with van der Waals surface area (Å²) in [5.41, 5.74) is 1.03. The van der Waals surface area contributed by atoms with Gasteiger partial charge in [0.25, 0.3) is 0 Å². The van der Waals surface area contributed by atoms with Gasteiger partial charge < -0.3 is 10.0 Å². The maximum atomic E-state index is 11.8. The second kappa shape index (κ2) is 6.92. The molecule has 1 heterocycles. The average Bonchev–Trinajstić information content (AvgIpc) is 2.83. The number of nitrogens with zero attached hydrogens (tertiary/aromatic N) is 1. The van der Waals surface area contributed by atoms with Gasteiger partial charge in [-0.2, -0.15) is 0 Å². The minimum atomic E-state index is -0.888. The van der Waals surface area contributed by atoms with E-state index in [2.05, 4.69) is 0 Å². The molecule has 1 saturated heterocycles. The fourth-order valence-electron chi connectivity index (χ4n) is 2.18. The lowest BCUT2D eigenvalue weighted by Gasteiger charge is -2.24. The largest absolute Gasteiger partial charge is 0.481 e. The first-order chi connectivity index (χ1) is 9.09. The number of amides is 1. The predicted molar refractivity (Wildman–Crippen MR) is 73.7 cm³/mol. The van der Waals surface area contributed by atoms with E-state index in [0.29, 0.717) is 6.54 Å². The van der Waals surface area contributed by atoms with Gasteiger partial charge in [-0.25, -0.2) is 0 Å². The van der Waals surface area contributed by atoms with Crippen molar-refractivity contribution in [2.75, 3.05) is 6.54 Å². The molecule has 1 aromatic rings. The second-order valence-corrected chi connectivity index (χ2v) is 4.37. The molecule has 2 atom stereocenters. The summed E-state index contributed by atoms with van der Waals surface area (Å²) in [6.07, 6.45) is 0.118. The monoisotopic (exact) mass is 263 g/mol. The summed E-state index contributed by atoms with van der Waals surface area (Å²) in [5, 5.41) is 8.92. The third-order valence-electron chi connectivity index (χ3n) is 3.26. The van der Waals surface area contributed by atoms with Crippen LogP contribution < -0.4 is 0 Å². The Morgan fingerprint density at radius 2 is 1.89 bits per heavy atom. The molecule has 4 heteroatoms. The van der Waals surface area contributed by atoms with E-state index in [-0.39, 0.29) is 18.4 Å². The van der Waals surface area contributed by atoms with Crippen molar-refractivity contribution in [1.29, 1.82) is 0 Å². The predicted octanol–water partition coefficient (Wildman–Crippen LogP) is 2.71. The van der Waals surface area contributed by atoms with Gasteiger partial charge >= 0.3 is 5.97 Å². The first kappa shape index (κ1) is 15.2. The van der Waals surface area contributed by atoms with Gasteiger partial charge in [0.15, 0.2) is 0 Å². The molecule has 0 saturated carbocycles. The highest BCUT2D eigenvalue weighted by Gasteiger charge is 2.36. The van der Waals surface area contributed by atoms with Gasteiger partial charge in [-0.1, -0.05) is 44.2 Å². The van der Waals surface area contributed by atoms with Crippen LogP contribution in [0.15, 0.2) is 30.3 Å². The van der Waals surface area contributed by atoms with Crippen molar-refractivity contribution >= 4 is 11.9 Å². The first-order valence-corrected chi connectivity index (χ1v) is 6.67. The van der Waals surface area contributed by atoms with E-state index < -0.39 is 11.9 Å². The number of hydrogen-bond donors (Lipinski definition) is 1. The quantitative estimate of drug-likeness (QED) is 0.912. The number of likely N-dealkylation sites (tertiary alicyclic amines) is 1. The van der Waals surface area contributed by atoms with E-state index in [1.807, 2.05) is 51.1 Å². The maximum absolute atomic E-state index is 11.8. The van der Waals surface area contributed by atoms with Gasteiger partial charge in [0.05, 0.1) is 12.0 Å². The molecular weight excluding hydrogens is 242 g/mol. The van der Waals surface area contributed by atoms with E-state index in [4.69, 9.17) is 5.11 Å². The molecule has 2 rings (SSSR count). The fourth-order valence-corrected chi connectivity index (χ4v) is 2.18. The summed E-state index contributed by atoms with van der Waals surface area (Å²) in [6, 6.07) is 9.59. The average molecular weight is 263 g/mol. The molecular formula is C15H21NO3. The molecule has 1 N–H and O–H groups in total. The molecule has 0 unspecified atom stereocenters. The van der Waals surface area contributed by atoms with Gasteiger partial charge in [-0.05, 0) is 12.5 Å². The Bertz CT molecular complexity index is 430. The van der Waals surface area contributed by atoms with Crippen LogP contribution in [-0.4, -0.2) is 28.4 Å². The lowest BCUT2D eigenvalue weighted by Crippen LogP contribution is -2.29. The number of hydrogen-bond acceptors (Lipinski definition) is 2. The maximum Gasteiger partial charge on any atom is 0.308 e. The zero-order valence-electron chi connectivity index (χ0n) is 11.7. The molecule has 1 fully saturated rings. The molecule has 0 aromatic heterocycles. The van der Waals surface area contributed by atoms with Crippen LogP contribution in [0.3, 0.4) is 0 Å². The van der Waals surface area contributed by atoms with Gasteiger partial charge in [0.1, 0.15) is 0 Å². The third kappa shape index (κ3) is 3.56. The molecule has 0 spiro atoms. The van der Waals surface area contributed by atoms with Crippen LogP contribution in [0.25, 0.3) is 0 Å². The lowest BCUT2D eigenvalue weighted by molar-refractivity contribution is -0.141. The van der Waals surface area contributed by atoms with Crippen molar-refractivity contribution in [3.05, 3.63) is 35.9 Å². The molecule has 1 aliphatic rings. The number of rotatable bonds is 3. The topological polar surface area (TPSA) is 57.6 Å². The summed E-state index contributed by atoms with van der Waals surface area (Å²) < 4.78 is 0. The molecule has 1 aliphatic heterocycles. The van der Waals surface area contributed by atoms with Crippen LogP contribution in [0.2, 0.25) is 0 Å². The third-order valence-corrected chi connectivity index (χ3v) is 3.26. The van der Waals surface area contributed by atoms with E-state index in [1.54, 1.807) is 4.90 Å². The van der Waals surface area contributed by atoms with Crippen LogP contribution in [-0.2, 0) is 9.59 Å². The molecule has 19 heavy (non-hydrogen) atoms. The zero-order chi connectivity index (χ0) is 14.4. The zero-order valence-corrected chi connectivity index (χ0v) is 11.7. The second-order valence-electron chi connectivity index (χ2n) is 4.37. The molecule has 1 aromatic carbocycles. The van der Waals surface area contributed by atoms with Gasteiger partial charge in [-0.3, -0.25) is 9.59 Å². The SMILES string of the molecule is CC.C[C@H](c1ccccc1)N1C[C@H](C(=O)O)CC1=O. The number of carbonyl (C=O) groups is 2. The highest BCUT2D eigenvalue weighted by atomic mass is 16.4. The minimum absolute atomic E-state index is 0.0620. The smallest absolute Gasteiger partial charge is 0.308 e. The minimum Gasteiger partial charge on any atom is -0.481 e. The van der Waals surface area contributed by atoms with Crippen LogP contribution in [0.5, 0.6) is 0 Å². The van der Waals surface area contributed by atoms with Crippen LogP contribution in [0.1, 0.15) is 38.8 Å². The van der Waals surface area contributed by atoms with Crippen molar-refractivity contribution in [3.8, 4) is 0 Å². The Morgan fingerprint density at radius 3 is 2.37 bits per heavy atom. The van der Waals surface area contributed by atoms with E-state index in [0.717, 1.165) is 5.56 Å². The summed E-state index contributed by atoms with van der Waals surface area (Å²) >= 11 is 0. The molecule has 4 nitrogen and oxygen atoms in total. The number of aliphatic carboxylic acids is 1. The molecule has 0 bridgehead atoms. The Balaban J connectivity index is 0.000000861. The van der Waals surface area contributed by atoms with E-state index in [9.17, 15) is 9.59 Å². The molecule has 1 amide bonds. The summed E-state index contributed by atoms with van der Waals surface area (Å²) in [5.74, 6) is -1.52. The Kier molecular flexibility index (Phi) is 5.55.